The summed E-state index contributed by atoms with van der Waals surface area (Å²) in [5, 5.41) is 12.6. The minimum atomic E-state index is -0.778. The molecule has 0 amide bonds. The molecular formula is C10H17N3O2. The summed E-state index contributed by atoms with van der Waals surface area (Å²) < 4.78 is 1.72. The van der Waals surface area contributed by atoms with E-state index in [-0.39, 0.29) is 18.4 Å². The normalized spacial score (nSPS) is 14.9. The van der Waals surface area contributed by atoms with Crippen LogP contribution in [0.2, 0.25) is 0 Å². The van der Waals surface area contributed by atoms with Crippen molar-refractivity contribution < 1.29 is 9.90 Å². The van der Waals surface area contributed by atoms with Crippen LogP contribution in [0.3, 0.4) is 0 Å². The van der Waals surface area contributed by atoms with Crippen molar-refractivity contribution in [3.05, 3.63) is 18.0 Å². The van der Waals surface area contributed by atoms with E-state index in [1.807, 2.05) is 20.0 Å². The van der Waals surface area contributed by atoms with E-state index in [1.54, 1.807) is 10.9 Å². The molecule has 2 unspecified atom stereocenters. The molecule has 0 aromatic carbocycles. The molecule has 1 heterocycles. The number of hydrogen-bond donors (Lipinski definition) is 2. The number of aryl methyl sites for hydroxylation is 1. The van der Waals surface area contributed by atoms with Gasteiger partial charge in [0.25, 0.3) is 0 Å². The van der Waals surface area contributed by atoms with Gasteiger partial charge >= 0.3 is 5.97 Å². The number of nitrogens with zero attached hydrogens (tertiary/aromatic N) is 2. The number of aromatic nitrogens is 2. The summed E-state index contributed by atoms with van der Waals surface area (Å²) in [6, 6.07) is 1.71. The first-order chi connectivity index (χ1) is 7.00. The van der Waals surface area contributed by atoms with Crippen LogP contribution in [-0.2, 0) is 11.8 Å². The van der Waals surface area contributed by atoms with Crippen molar-refractivity contribution in [3.63, 3.8) is 0 Å². The Kier molecular flexibility index (Phi) is 3.85. The first-order valence-corrected chi connectivity index (χ1v) is 4.96. The second kappa shape index (κ2) is 4.93. The van der Waals surface area contributed by atoms with Crippen LogP contribution in [0, 0.1) is 5.92 Å². The van der Waals surface area contributed by atoms with Crippen LogP contribution < -0.4 is 5.73 Å². The number of aliphatic carboxylic acids is 1. The van der Waals surface area contributed by atoms with Crippen LogP contribution in [-0.4, -0.2) is 20.9 Å². The van der Waals surface area contributed by atoms with Crippen LogP contribution in [0.1, 0.15) is 31.5 Å². The van der Waals surface area contributed by atoms with Gasteiger partial charge in [0.15, 0.2) is 0 Å². The van der Waals surface area contributed by atoms with E-state index in [1.165, 1.54) is 0 Å². The number of carbonyl (C=O) groups is 1. The second-order valence-electron chi connectivity index (χ2n) is 3.92. The quantitative estimate of drug-likeness (QED) is 0.758. The molecule has 5 nitrogen and oxygen atoms in total. The number of nitrogens with two attached hydrogens (primary N) is 1. The molecule has 2 atom stereocenters. The van der Waals surface area contributed by atoms with Crippen LogP contribution >= 0.6 is 0 Å². The monoisotopic (exact) mass is 211 g/mol. The third-order valence-corrected chi connectivity index (χ3v) is 2.42. The van der Waals surface area contributed by atoms with Gasteiger partial charge in [0.05, 0.1) is 5.69 Å². The molecule has 0 saturated heterocycles. The Morgan fingerprint density at radius 1 is 1.73 bits per heavy atom. The number of carboxylic acids is 1. The highest BCUT2D eigenvalue weighted by atomic mass is 16.4. The molecule has 84 valence electrons. The average Bonchev–Trinajstić information content (AvgIpc) is 2.49. The van der Waals surface area contributed by atoms with Gasteiger partial charge in [-0.3, -0.25) is 9.48 Å². The highest BCUT2D eigenvalue weighted by Gasteiger charge is 2.15. The van der Waals surface area contributed by atoms with E-state index < -0.39 is 5.97 Å². The van der Waals surface area contributed by atoms with Gasteiger partial charge in [0.1, 0.15) is 0 Å². The first kappa shape index (κ1) is 11.7. The Hall–Kier alpha value is -1.36. The number of hydrogen-bond acceptors (Lipinski definition) is 3. The van der Waals surface area contributed by atoms with E-state index in [9.17, 15) is 4.79 Å². The zero-order valence-electron chi connectivity index (χ0n) is 9.05. The summed E-state index contributed by atoms with van der Waals surface area (Å²) in [6.45, 7) is 1.89. The SMILES string of the molecule is CC(CC(=O)O)CC(N)c1ccnn1C. The molecule has 1 aromatic rings. The van der Waals surface area contributed by atoms with Crippen molar-refractivity contribution >= 4 is 5.97 Å². The van der Waals surface area contributed by atoms with Crippen molar-refractivity contribution in [3.8, 4) is 0 Å². The van der Waals surface area contributed by atoms with Gasteiger partial charge in [0.2, 0.25) is 0 Å². The molecule has 0 aliphatic carbocycles. The second-order valence-corrected chi connectivity index (χ2v) is 3.92. The molecule has 5 heteroatoms. The van der Waals surface area contributed by atoms with E-state index >= 15 is 0 Å². The smallest absolute Gasteiger partial charge is 0.303 e. The Bertz CT molecular complexity index is 335. The molecule has 0 aliphatic rings. The topological polar surface area (TPSA) is 81.1 Å². The third-order valence-electron chi connectivity index (χ3n) is 2.42. The third kappa shape index (κ3) is 3.36. The molecule has 1 rings (SSSR count). The molecule has 0 saturated carbocycles. The van der Waals surface area contributed by atoms with Crippen LogP contribution in [0.25, 0.3) is 0 Å². The lowest BCUT2D eigenvalue weighted by molar-refractivity contribution is -0.138. The van der Waals surface area contributed by atoms with Crippen molar-refractivity contribution in [1.29, 1.82) is 0 Å². The fraction of sp³-hybridized carbons (Fsp3) is 0.600. The highest BCUT2D eigenvalue weighted by molar-refractivity contribution is 5.66. The highest BCUT2D eigenvalue weighted by Crippen LogP contribution is 2.19. The Morgan fingerprint density at radius 3 is 2.87 bits per heavy atom. The van der Waals surface area contributed by atoms with Crippen molar-refractivity contribution in [1.82, 2.24) is 9.78 Å². The van der Waals surface area contributed by atoms with E-state index in [2.05, 4.69) is 5.10 Å². The summed E-state index contributed by atoms with van der Waals surface area (Å²) in [5.41, 5.74) is 6.90. The minimum absolute atomic E-state index is 0.0763. The minimum Gasteiger partial charge on any atom is -0.481 e. The summed E-state index contributed by atoms with van der Waals surface area (Å²) in [4.78, 5) is 10.5. The van der Waals surface area contributed by atoms with Crippen LogP contribution in [0.4, 0.5) is 0 Å². The van der Waals surface area contributed by atoms with Crippen molar-refractivity contribution in [2.24, 2.45) is 18.7 Å². The maximum atomic E-state index is 10.5. The molecule has 0 bridgehead atoms. The maximum Gasteiger partial charge on any atom is 0.303 e. The Balaban J connectivity index is 2.52. The van der Waals surface area contributed by atoms with Crippen molar-refractivity contribution in [2.45, 2.75) is 25.8 Å². The molecule has 0 radical (unpaired) electrons. The fourth-order valence-electron chi connectivity index (χ4n) is 1.68. The van der Waals surface area contributed by atoms with Crippen molar-refractivity contribution in [2.75, 3.05) is 0 Å². The molecular weight excluding hydrogens is 194 g/mol. The zero-order valence-corrected chi connectivity index (χ0v) is 9.05. The fourth-order valence-corrected chi connectivity index (χ4v) is 1.68. The van der Waals surface area contributed by atoms with Gasteiger partial charge in [-0.1, -0.05) is 6.92 Å². The average molecular weight is 211 g/mol. The summed E-state index contributed by atoms with van der Waals surface area (Å²) in [7, 11) is 1.83. The first-order valence-electron chi connectivity index (χ1n) is 4.96. The molecule has 0 fully saturated rings. The van der Waals surface area contributed by atoms with E-state index in [0.717, 1.165) is 5.69 Å². The Morgan fingerprint density at radius 2 is 2.40 bits per heavy atom. The predicted octanol–water partition coefficient (Wildman–Crippen LogP) is 0.921. The summed E-state index contributed by atoms with van der Waals surface area (Å²) >= 11 is 0. The lowest BCUT2D eigenvalue weighted by atomic mass is 9.97. The molecule has 3 N–H and O–H groups in total. The van der Waals surface area contributed by atoms with Gasteiger partial charge in [-0.15, -0.1) is 0 Å². The van der Waals surface area contributed by atoms with Crippen LogP contribution in [0.15, 0.2) is 12.3 Å². The van der Waals surface area contributed by atoms with Gasteiger partial charge in [-0.05, 0) is 18.4 Å². The molecule has 1 aromatic heterocycles. The maximum absolute atomic E-state index is 10.5. The van der Waals surface area contributed by atoms with Gasteiger partial charge in [-0.2, -0.15) is 5.10 Å². The lowest BCUT2D eigenvalue weighted by Gasteiger charge is -2.15. The standard InChI is InChI=1S/C10H17N3O2/c1-7(6-10(14)15)5-8(11)9-3-4-12-13(9)2/h3-4,7-8H,5-6,11H2,1-2H3,(H,14,15). The zero-order chi connectivity index (χ0) is 11.4. The summed E-state index contributed by atoms with van der Waals surface area (Å²) in [5.74, 6) is -0.702. The number of carboxylic acid groups (broad SMARTS) is 1. The van der Waals surface area contributed by atoms with Gasteiger partial charge in [0, 0.05) is 25.7 Å². The summed E-state index contributed by atoms with van der Waals surface area (Å²) in [6.07, 6.45) is 2.51. The van der Waals surface area contributed by atoms with E-state index in [0.29, 0.717) is 6.42 Å². The Labute approximate surface area is 88.9 Å². The molecule has 0 aliphatic heterocycles. The molecule has 0 spiro atoms. The van der Waals surface area contributed by atoms with E-state index in [4.69, 9.17) is 10.8 Å². The lowest BCUT2D eigenvalue weighted by Crippen LogP contribution is -2.18. The molecule has 15 heavy (non-hydrogen) atoms. The van der Waals surface area contributed by atoms with Gasteiger partial charge in [-0.25, -0.2) is 0 Å². The number of rotatable bonds is 5. The van der Waals surface area contributed by atoms with Crippen LogP contribution in [0.5, 0.6) is 0 Å². The predicted molar refractivity (Wildman–Crippen MR) is 56.2 cm³/mol. The van der Waals surface area contributed by atoms with Gasteiger partial charge < -0.3 is 10.8 Å². The largest absolute Gasteiger partial charge is 0.481 e.